The van der Waals surface area contributed by atoms with Crippen molar-refractivity contribution < 1.29 is 13.5 Å². The predicted octanol–water partition coefficient (Wildman–Crippen LogP) is 1.74. The van der Waals surface area contributed by atoms with Crippen LogP contribution in [0.1, 0.15) is 24.0 Å². The van der Waals surface area contributed by atoms with Crippen molar-refractivity contribution >= 4 is 19.7 Å². The number of hydrogen-bond acceptors (Lipinski definition) is 3. The van der Waals surface area contributed by atoms with E-state index in [0.29, 0.717) is 24.0 Å². The van der Waals surface area contributed by atoms with Gasteiger partial charge in [0.25, 0.3) is 0 Å². The third kappa shape index (κ3) is 2.51. The molecule has 0 aromatic heterocycles. The van der Waals surface area contributed by atoms with Crippen molar-refractivity contribution in [2.75, 3.05) is 0 Å². The van der Waals surface area contributed by atoms with Gasteiger partial charge in [0.1, 0.15) is 0 Å². The Kier molecular flexibility index (Phi) is 2.53. The minimum atomic E-state index is -3.57. The van der Waals surface area contributed by atoms with E-state index in [4.69, 9.17) is 10.7 Å². The summed E-state index contributed by atoms with van der Waals surface area (Å²) in [7, 11) is 1.63. The molecule has 0 amide bonds. The third-order valence-electron chi connectivity index (χ3n) is 2.57. The highest BCUT2D eigenvalue weighted by molar-refractivity contribution is 8.13. The van der Waals surface area contributed by atoms with Crippen LogP contribution >= 0.6 is 10.7 Å². The molecule has 82 valence electrons. The second kappa shape index (κ2) is 3.47. The Morgan fingerprint density at radius 3 is 2.47 bits per heavy atom. The zero-order valence-corrected chi connectivity index (χ0v) is 9.55. The first-order valence-electron chi connectivity index (χ1n) is 4.64. The minimum absolute atomic E-state index is 0.229. The normalized spacial score (nSPS) is 18.8. The maximum absolute atomic E-state index is 11.0. The summed E-state index contributed by atoms with van der Waals surface area (Å²) in [5, 5.41) is 9.94. The van der Waals surface area contributed by atoms with Crippen LogP contribution in [0.2, 0.25) is 0 Å². The van der Waals surface area contributed by atoms with Crippen LogP contribution in [0.25, 0.3) is 0 Å². The van der Waals surface area contributed by atoms with Crippen molar-refractivity contribution in [3.8, 4) is 0 Å². The van der Waals surface area contributed by atoms with E-state index < -0.39 is 14.7 Å². The van der Waals surface area contributed by atoms with Crippen LogP contribution in [-0.4, -0.2) is 13.5 Å². The molecule has 0 unspecified atom stereocenters. The highest BCUT2D eigenvalue weighted by atomic mass is 35.7. The molecular weight excluding hydrogens is 236 g/mol. The van der Waals surface area contributed by atoms with Gasteiger partial charge in [-0.2, -0.15) is 0 Å². The molecule has 5 heteroatoms. The summed E-state index contributed by atoms with van der Waals surface area (Å²) in [6, 6.07) is 6.97. The molecule has 1 aromatic rings. The van der Waals surface area contributed by atoms with Crippen molar-refractivity contribution in [2.45, 2.75) is 24.2 Å². The highest BCUT2D eigenvalue weighted by Crippen LogP contribution is 2.46. The molecule has 15 heavy (non-hydrogen) atoms. The molecule has 0 saturated heterocycles. The van der Waals surface area contributed by atoms with Crippen LogP contribution in [0.15, 0.2) is 24.3 Å². The molecule has 1 aliphatic rings. The average molecular weight is 247 g/mol. The first kappa shape index (κ1) is 10.9. The van der Waals surface area contributed by atoms with Crippen molar-refractivity contribution in [1.82, 2.24) is 0 Å². The number of hydrogen-bond donors (Lipinski definition) is 1. The molecule has 1 saturated carbocycles. The van der Waals surface area contributed by atoms with Gasteiger partial charge >= 0.3 is 0 Å². The SMILES string of the molecule is O=S(=O)(Cl)Cc1ccccc1C1(O)CC1. The van der Waals surface area contributed by atoms with Crippen LogP contribution in [0.3, 0.4) is 0 Å². The topological polar surface area (TPSA) is 54.4 Å². The van der Waals surface area contributed by atoms with Crippen molar-refractivity contribution in [3.63, 3.8) is 0 Å². The van der Waals surface area contributed by atoms with Crippen LogP contribution in [0.5, 0.6) is 0 Å². The predicted molar refractivity (Wildman–Crippen MR) is 58.0 cm³/mol. The van der Waals surface area contributed by atoms with Gasteiger partial charge in [0, 0.05) is 10.7 Å². The Bertz CT molecular complexity index is 477. The molecule has 0 radical (unpaired) electrons. The fraction of sp³-hybridized carbons (Fsp3) is 0.400. The van der Waals surface area contributed by atoms with Gasteiger partial charge in [0.2, 0.25) is 9.05 Å². The molecule has 1 fully saturated rings. The average Bonchev–Trinajstić information content (AvgIpc) is 2.83. The first-order valence-corrected chi connectivity index (χ1v) is 7.12. The van der Waals surface area contributed by atoms with Gasteiger partial charge in [0.05, 0.1) is 11.4 Å². The summed E-state index contributed by atoms with van der Waals surface area (Å²) in [6.07, 6.45) is 1.37. The van der Waals surface area contributed by atoms with E-state index in [2.05, 4.69) is 0 Å². The lowest BCUT2D eigenvalue weighted by Crippen LogP contribution is -2.09. The first-order chi connectivity index (χ1) is 6.91. The molecule has 0 spiro atoms. The van der Waals surface area contributed by atoms with E-state index in [1.54, 1.807) is 24.3 Å². The molecule has 0 aliphatic heterocycles. The van der Waals surface area contributed by atoms with Gasteiger partial charge in [-0.15, -0.1) is 0 Å². The molecule has 1 aliphatic carbocycles. The highest BCUT2D eigenvalue weighted by Gasteiger charge is 2.43. The summed E-state index contributed by atoms with van der Waals surface area (Å²) < 4.78 is 22.0. The van der Waals surface area contributed by atoms with Gasteiger partial charge in [0.15, 0.2) is 0 Å². The minimum Gasteiger partial charge on any atom is -0.385 e. The van der Waals surface area contributed by atoms with Crippen molar-refractivity contribution in [3.05, 3.63) is 35.4 Å². The fourth-order valence-electron chi connectivity index (χ4n) is 1.67. The van der Waals surface area contributed by atoms with Gasteiger partial charge in [-0.05, 0) is 24.0 Å². The molecule has 2 rings (SSSR count). The lowest BCUT2D eigenvalue weighted by Gasteiger charge is -2.12. The third-order valence-corrected chi connectivity index (χ3v) is 3.55. The fourth-order valence-corrected chi connectivity index (χ4v) is 2.65. The monoisotopic (exact) mass is 246 g/mol. The summed E-state index contributed by atoms with van der Waals surface area (Å²) in [5.41, 5.74) is 0.458. The smallest absolute Gasteiger partial charge is 0.236 e. The summed E-state index contributed by atoms with van der Waals surface area (Å²) in [4.78, 5) is 0. The van der Waals surface area contributed by atoms with E-state index in [1.165, 1.54) is 0 Å². The number of benzene rings is 1. The Hall–Kier alpha value is -0.580. The lowest BCUT2D eigenvalue weighted by atomic mass is 10.0. The second-order valence-electron chi connectivity index (χ2n) is 3.87. The molecule has 0 atom stereocenters. The van der Waals surface area contributed by atoms with Crippen LogP contribution < -0.4 is 0 Å². The number of rotatable bonds is 3. The molecular formula is C10H11ClO3S. The van der Waals surface area contributed by atoms with Crippen LogP contribution in [0.4, 0.5) is 0 Å². The van der Waals surface area contributed by atoms with E-state index >= 15 is 0 Å². The van der Waals surface area contributed by atoms with E-state index in [0.717, 1.165) is 0 Å². The molecule has 1 aromatic carbocycles. The largest absolute Gasteiger partial charge is 0.385 e. The standard InChI is InChI=1S/C10H11ClO3S/c11-15(13,14)7-8-3-1-2-4-9(8)10(12)5-6-10/h1-4,12H,5-7H2. The molecule has 0 bridgehead atoms. The summed E-state index contributed by atoms with van der Waals surface area (Å²) in [5.74, 6) is -0.229. The quantitative estimate of drug-likeness (QED) is 0.827. The maximum atomic E-state index is 11.0. The van der Waals surface area contributed by atoms with Crippen LogP contribution in [0, 0.1) is 0 Å². The van der Waals surface area contributed by atoms with E-state index in [9.17, 15) is 13.5 Å². The van der Waals surface area contributed by atoms with Gasteiger partial charge in [-0.3, -0.25) is 0 Å². The van der Waals surface area contributed by atoms with E-state index in [-0.39, 0.29) is 5.75 Å². The Morgan fingerprint density at radius 1 is 1.33 bits per heavy atom. The van der Waals surface area contributed by atoms with Gasteiger partial charge in [-0.25, -0.2) is 8.42 Å². The zero-order chi connectivity index (χ0) is 11.1. The summed E-state index contributed by atoms with van der Waals surface area (Å²) in [6.45, 7) is 0. The molecule has 3 nitrogen and oxygen atoms in total. The molecule has 1 N–H and O–H groups in total. The Labute approximate surface area is 93.1 Å². The van der Waals surface area contributed by atoms with Crippen LogP contribution in [-0.2, 0) is 20.4 Å². The molecule has 0 heterocycles. The Balaban J connectivity index is 2.39. The number of aliphatic hydroxyl groups is 1. The zero-order valence-electron chi connectivity index (χ0n) is 7.98. The van der Waals surface area contributed by atoms with Crippen molar-refractivity contribution in [2.24, 2.45) is 0 Å². The van der Waals surface area contributed by atoms with Crippen molar-refractivity contribution in [1.29, 1.82) is 0 Å². The van der Waals surface area contributed by atoms with Gasteiger partial charge in [-0.1, -0.05) is 24.3 Å². The number of halogens is 1. The summed E-state index contributed by atoms with van der Waals surface area (Å²) >= 11 is 0. The second-order valence-corrected chi connectivity index (χ2v) is 6.65. The maximum Gasteiger partial charge on any atom is 0.236 e. The lowest BCUT2D eigenvalue weighted by molar-refractivity contribution is 0.150. The Morgan fingerprint density at radius 2 is 1.93 bits per heavy atom. The van der Waals surface area contributed by atoms with Gasteiger partial charge < -0.3 is 5.11 Å². The van der Waals surface area contributed by atoms with E-state index in [1.807, 2.05) is 0 Å².